The highest BCUT2D eigenvalue weighted by Crippen LogP contribution is 2.52. The Morgan fingerprint density at radius 1 is 1.04 bits per heavy atom. The summed E-state index contributed by atoms with van der Waals surface area (Å²) in [5.74, 6) is 0.201. The molecular formula is C38H51FN6O3. The lowest BCUT2D eigenvalue weighted by molar-refractivity contribution is 0.0159. The maximum absolute atomic E-state index is 15.0. The molecule has 9 nitrogen and oxygen atoms in total. The molecule has 1 aliphatic carbocycles. The van der Waals surface area contributed by atoms with Gasteiger partial charge in [-0.1, -0.05) is 25.5 Å². The molecule has 10 heteroatoms. The van der Waals surface area contributed by atoms with Crippen LogP contribution >= 0.6 is 0 Å². The molecule has 258 valence electrons. The van der Waals surface area contributed by atoms with Gasteiger partial charge in [0.2, 0.25) is 0 Å². The summed E-state index contributed by atoms with van der Waals surface area (Å²) >= 11 is 0. The third kappa shape index (κ3) is 6.77. The fourth-order valence-corrected chi connectivity index (χ4v) is 9.29. The molecule has 0 aromatic heterocycles. The number of halogens is 1. The fraction of sp³-hybridized carbons (Fsp3) is 0.605. The Morgan fingerprint density at radius 3 is 2.42 bits per heavy atom. The first-order valence-electron chi connectivity index (χ1n) is 17.6. The van der Waals surface area contributed by atoms with Crippen LogP contribution in [-0.4, -0.2) is 106 Å². The van der Waals surface area contributed by atoms with Gasteiger partial charge in [0.05, 0.1) is 24.3 Å². The molecule has 0 bridgehead atoms. The van der Waals surface area contributed by atoms with Crippen LogP contribution in [0.5, 0.6) is 0 Å². The van der Waals surface area contributed by atoms with Crippen LogP contribution in [0.1, 0.15) is 66.9 Å². The standard InChI is InChI=1S/C38H51FN6O3/c1-37(24-45(25-37)31-13-12-27(22-40)32(21-31)35(46)42(2)3)23-44-18-14-28(15-19-44)38(26-43-16-7-17-43,29-8-5-9-30(39)20-29)33-10-6-11-34(33)41-36(47)48-4/h5,8-9,12-13,20-21,28,33-34H,6-7,10-11,14-19,23-26H2,1-4H3,(H,41,47)/t33-,34-,38-/m0/s1. The molecule has 3 aliphatic heterocycles. The number of carbonyl (C=O) groups is 2. The van der Waals surface area contributed by atoms with Gasteiger partial charge in [0.15, 0.2) is 0 Å². The Hall–Kier alpha value is -3.68. The minimum absolute atomic E-state index is 0.00402. The fourth-order valence-electron chi connectivity index (χ4n) is 9.29. The van der Waals surface area contributed by atoms with Gasteiger partial charge in [-0.05, 0) is 106 Å². The first-order valence-corrected chi connectivity index (χ1v) is 17.6. The number of ether oxygens (including phenoxy) is 1. The van der Waals surface area contributed by atoms with Crippen LogP contribution in [0.25, 0.3) is 0 Å². The van der Waals surface area contributed by atoms with Crippen molar-refractivity contribution in [3.8, 4) is 6.07 Å². The lowest BCUT2D eigenvalue weighted by atomic mass is 9.57. The number of carbonyl (C=O) groups excluding carboxylic acids is 2. The van der Waals surface area contributed by atoms with Gasteiger partial charge < -0.3 is 29.7 Å². The van der Waals surface area contributed by atoms with Crippen molar-refractivity contribution in [2.45, 2.75) is 56.9 Å². The summed E-state index contributed by atoms with van der Waals surface area (Å²) in [4.78, 5) is 34.2. The molecule has 0 spiro atoms. The van der Waals surface area contributed by atoms with Crippen LogP contribution in [0.15, 0.2) is 42.5 Å². The van der Waals surface area contributed by atoms with Crippen molar-refractivity contribution < 1.29 is 18.7 Å². The zero-order valence-electron chi connectivity index (χ0n) is 29.0. The predicted molar refractivity (Wildman–Crippen MR) is 184 cm³/mol. The Morgan fingerprint density at radius 2 is 1.79 bits per heavy atom. The molecule has 3 heterocycles. The van der Waals surface area contributed by atoms with Crippen molar-refractivity contribution in [2.24, 2.45) is 17.3 Å². The van der Waals surface area contributed by atoms with Gasteiger partial charge in [-0.25, -0.2) is 9.18 Å². The number of nitriles is 1. The molecule has 3 saturated heterocycles. The molecular weight excluding hydrogens is 607 g/mol. The van der Waals surface area contributed by atoms with Gasteiger partial charge >= 0.3 is 6.09 Å². The first-order chi connectivity index (χ1) is 23.0. The zero-order valence-corrected chi connectivity index (χ0v) is 29.0. The van der Waals surface area contributed by atoms with Crippen LogP contribution in [0, 0.1) is 34.4 Å². The van der Waals surface area contributed by atoms with E-state index in [0.717, 1.165) is 95.7 Å². The number of benzene rings is 2. The molecule has 4 aliphatic rings. The maximum Gasteiger partial charge on any atom is 0.407 e. The largest absolute Gasteiger partial charge is 0.453 e. The number of likely N-dealkylation sites (tertiary alicyclic amines) is 2. The highest BCUT2D eigenvalue weighted by Gasteiger charge is 2.53. The quantitative estimate of drug-likeness (QED) is 0.380. The molecule has 0 unspecified atom stereocenters. The van der Waals surface area contributed by atoms with Crippen molar-refractivity contribution in [1.29, 1.82) is 5.26 Å². The van der Waals surface area contributed by atoms with Crippen molar-refractivity contribution in [3.05, 3.63) is 65.0 Å². The second kappa shape index (κ2) is 14.0. The number of piperidine rings is 1. The van der Waals surface area contributed by atoms with E-state index in [4.69, 9.17) is 4.74 Å². The van der Waals surface area contributed by atoms with E-state index in [-0.39, 0.29) is 40.6 Å². The van der Waals surface area contributed by atoms with Gasteiger partial charge in [-0.15, -0.1) is 0 Å². The molecule has 2 aromatic carbocycles. The van der Waals surface area contributed by atoms with E-state index in [2.05, 4.69) is 39.1 Å². The summed E-state index contributed by atoms with van der Waals surface area (Å²) in [7, 11) is 4.83. The van der Waals surface area contributed by atoms with Gasteiger partial charge in [-0.3, -0.25) is 4.79 Å². The number of rotatable bonds is 10. The number of hydrogen-bond donors (Lipinski definition) is 1. The minimum Gasteiger partial charge on any atom is -0.453 e. The summed E-state index contributed by atoms with van der Waals surface area (Å²) in [5, 5.41) is 12.7. The number of methoxy groups -OCH3 is 1. The second-order valence-corrected chi connectivity index (χ2v) is 15.2. The molecule has 6 rings (SSSR count). The second-order valence-electron chi connectivity index (χ2n) is 15.2. The summed E-state index contributed by atoms with van der Waals surface area (Å²) in [6.07, 6.45) is 5.81. The number of alkyl carbamates (subject to hydrolysis) is 1. The average molecular weight is 659 g/mol. The summed E-state index contributed by atoms with van der Waals surface area (Å²) in [6, 6.07) is 15.0. The number of amides is 2. The lowest BCUT2D eigenvalue weighted by Crippen LogP contribution is -2.62. The third-order valence-electron chi connectivity index (χ3n) is 11.7. The highest BCUT2D eigenvalue weighted by atomic mass is 19.1. The van der Waals surface area contributed by atoms with E-state index < -0.39 is 0 Å². The Labute approximate surface area is 285 Å². The zero-order chi connectivity index (χ0) is 34.1. The number of nitrogens with zero attached hydrogens (tertiary/aromatic N) is 5. The highest BCUT2D eigenvalue weighted by molar-refractivity contribution is 5.97. The van der Waals surface area contributed by atoms with Crippen LogP contribution < -0.4 is 10.2 Å². The molecule has 2 amide bonds. The normalized spacial score (nSPS) is 24.1. The molecule has 0 radical (unpaired) electrons. The van der Waals surface area contributed by atoms with E-state index >= 15 is 0 Å². The molecule has 1 N–H and O–H groups in total. The Bertz CT molecular complexity index is 1520. The first kappa shape index (κ1) is 34.2. The number of hydrogen-bond acceptors (Lipinski definition) is 7. The van der Waals surface area contributed by atoms with Crippen molar-refractivity contribution in [2.75, 3.05) is 78.5 Å². The van der Waals surface area contributed by atoms with Gasteiger partial charge in [0.1, 0.15) is 5.82 Å². The van der Waals surface area contributed by atoms with E-state index in [9.17, 15) is 19.2 Å². The van der Waals surface area contributed by atoms with Crippen LogP contribution in [0.2, 0.25) is 0 Å². The topological polar surface area (TPSA) is 92.1 Å². The predicted octanol–water partition coefficient (Wildman–Crippen LogP) is 5.11. The van der Waals surface area contributed by atoms with Crippen LogP contribution in [0.4, 0.5) is 14.9 Å². The Kier molecular flexibility index (Phi) is 10.0. The van der Waals surface area contributed by atoms with Gasteiger partial charge in [-0.2, -0.15) is 5.26 Å². The smallest absolute Gasteiger partial charge is 0.407 e. The van der Waals surface area contributed by atoms with Crippen molar-refractivity contribution >= 4 is 17.7 Å². The lowest BCUT2D eigenvalue weighted by Gasteiger charge is -2.55. The van der Waals surface area contributed by atoms with E-state index in [0.29, 0.717) is 17.0 Å². The minimum atomic E-state index is -0.386. The van der Waals surface area contributed by atoms with E-state index in [1.165, 1.54) is 18.4 Å². The van der Waals surface area contributed by atoms with Crippen LogP contribution in [-0.2, 0) is 10.2 Å². The number of anilines is 1. The maximum atomic E-state index is 15.0. The molecule has 3 atom stereocenters. The molecule has 48 heavy (non-hydrogen) atoms. The van der Waals surface area contributed by atoms with Crippen molar-refractivity contribution in [3.63, 3.8) is 0 Å². The van der Waals surface area contributed by atoms with Gasteiger partial charge in [0.25, 0.3) is 5.91 Å². The summed E-state index contributed by atoms with van der Waals surface area (Å²) < 4.78 is 20.0. The summed E-state index contributed by atoms with van der Waals surface area (Å²) in [5.41, 5.74) is 2.75. The Balaban J connectivity index is 1.18. The molecule has 2 aromatic rings. The van der Waals surface area contributed by atoms with Crippen molar-refractivity contribution in [1.82, 2.24) is 20.0 Å². The SMILES string of the molecule is COC(=O)N[C@H]1CCC[C@@H]1[C@](CN1CCC1)(c1cccc(F)c1)C1CCN(CC2(C)CN(c3ccc(C#N)c(C(=O)N(C)C)c3)C2)CC1. The van der Waals surface area contributed by atoms with E-state index in [1.54, 1.807) is 32.3 Å². The average Bonchev–Trinajstić information content (AvgIpc) is 3.51. The van der Waals surface area contributed by atoms with Gasteiger partial charge in [0, 0.05) is 62.8 Å². The molecule has 1 saturated carbocycles. The monoisotopic (exact) mass is 658 g/mol. The van der Waals surface area contributed by atoms with E-state index in [1.807, 2.05) is 18.2 Å². The molecule has 4 fully saturated rings. The third-order valence-corrected chi connectivity index (χ3v) is 11.7. The number of nitrogens with one attached hydrogen (secondary N) is 1. The van der Waals surface area contributed by atoms with Crippen LogP contribution in [0.3, 0.4) is 0 Å². The summed E-state index contributed by atoms with van der Waals surface area (Å²) in [6.45, 7) is 10.1.